The number of ketones is 1. The molecule has 0 saturated carbocycles. The van der Waals surface area contributed by atoms with Gasteiger partial charge in [0.25, 0.3) is 0 Å². The van der Waals surface area contributed by atoms with E-state index in [1.807, 2.05) is 80.0 Å². The van der Waals surface area contributed by atoms with Crippen LogP contribution in [0.25, 0.3) is 10.9 Å². The lowest BCUT2D eigenvalue weighted by Gasteiger charge is -2.18. The monoisotopic (exact) mass is 398 g/mol. The average molecular weight is 399 g/mol. The molecule has 0 spiro atoms. The van der Waals surface area contributed by atoms with Crippen molar-refractivity contribution in [2.24, 2.45) is 0 Å². The van der Waals surface area contributed by atoms with Gasteiger partial charge in [0.15, 0.2) is 5.78 Å². The van der Waals surface area contributed by atoms with E-state index >= 15 is 0 Å². The van der Waals surface area contributed by atoms with E-state index in [2.05, 4.69) is 26.7 Å². The molecule has 0 fully saturated rings. The van der Waals surface area contributed by atoms with Gasteiger partial charge in [0.1, 0.15) is 5.82 Å². The normalized spacial score (nSPS) is 12.0. The van der Waals surface area contributed by atoms with Crippen molar-refractivity contribution < 1.29 is 4.79 Å². The highest BCUT2D eigenvalue weighted by Gasteiger charge is 2.23. The van der Waals surface area contributed by atoms with E-state index in [0.717, 1.165) is 40.8 Å². The zero-order valence-electron chi connectivity index (χ0n) is 17.1. The van der Waals surface area contributed by atoms with Crippen LogP contribution in [0.4, 0.5) is 5.82 Å². The van der Waals surface area contributed by atoms with Gasteiger partial charge in [-0.25, -0.2) is 4.98 Å². The molecule has 0 aliphatic carbocycles. The fourth-order valence-electron chi connectivity index (χ4n) is 3.66. The number of aromatic nitrogens is 2. The number of anilines is 1. The number of pyridine rings is 1. The standard InChI is InChI=1S/C25H26N4O/c1-2-26-23-13-12-18(16-29-23)14-15-27-24(19-8-4-3-5-9-19)25(30)21-17-28-22-11-7-6-10-20(21)22/h3-13,16-17,24,27-28H,2,14-15H2,1H3,(H,26,29)/t24-/m0/s1. The maximum atomic E-state index is 13.5. The summed E-state index contributed by atoms with van der Waals surface area (Å²) in [7, 11) is 0. The summed E-state index contributed by atoms with van der Waals surface area (Å²) in [4.78, 5) is 21.1. The number of fused-ring (bicyclic) bond motifs is 1. The lowest BCUT2D eigenvalue weighted by Crippen LogP contribution is -2.30. The Labute approximate surface area is 176 Å². The zero-order valence-corrected chi connectivity index (χ0v) is 17.1. The molecule has 5 nitrogen and oxygen atoms in total. The summed E-state index contributed by atoms with van der Waals surface area (Å²) in [6, 6.07) is 21.5. The molecule has 2 heterocycles. The summed E-state index contributed by atoms with van der Waals surface area (Å²) in [6.07, 6.45) is 4.50. The first-order valence-electron chi connectivity index (χ1n) is 10.3. The number of nitrogens with zero attached hydrogens (tertiary/aromatic N) is 1. The van der Waals surface area contributed by atoms with Crippen LogP contribution in [0.5, 0.6) is 0 Å². The molecule has 30 heavy (non-hydrogen) atoms. The first-order valence-corrected chi connectivity index (χ1v) is 10.3. The fourth-order valence-corrected chi connectivity index (χ4v) is 3.66. The van der Waals surface area contributed by atoms with E-state index in [9.17, 15) is 4.79 Å². The summed E-state index contributed by atoms with van der Waals surface area (Å²) in [5.74, 6) is 0.949. The number of aromatic amines is 1. The van der Waals surface area contributed by atoms with Crippen LogP contribution in [-0.2, 0) is 6.42 Å². The largest absolute Gasteiger partial charge is 0.370 e. The predicted octanol–water partition coefficient (Wildman–Crippen LogP) is 4.75. The number of para-hydroxylation sites is 1. The number of carbonyl (C=O) groups is 1. The summed E-state index contributed by atoms with van der Waals surface area (Å²) >= 11 is 0. The van der Waals surface area contributed by atoms with Gasteiger partial charge in [0.05, 0.1) is 6.04 Å². The number of rotatable bonds is 9. The molecule has 152 valence electrons. The van der Waals surface area contributed by atoms with Gasteiger partial charge in [-0.05, 0) is 36.6 Å². The van der Waals surface area contributed by atoms with Crippen LogP contribution in [0.15, 0.2) is 79.1 Å². The zero-order chi connectivity index (χ0) is 20.8. The summed E-state index contributed by atoms with van der Waals surface area (Å²) < 4.78 is 0. The molecule has 0 aliphatic rings. The fraction of sp³-hybridized carbons (Fsp3) is 0.200. The van der Waals surface area contributed by atoms with Crippen LogP contribution in [0.2, 0.25) is 0 Å². The van der Waals surface area contributed by atoms with Gasteiger partial charge in [-0.15, -0.1) is 0 Å². The third kappa shape index (κ3) is 4.42. The number of hydrogen-bond acceptors (Lipinski definition) is 4. The van der Waals surface area contributed by atoms with Crippen molar-refractivity contribution in [3.8, 4) is 0 Å². The first-order chi connectivity index (χ1) is 14.8. The summed E-state index contributed by atoms with van der Waals surface area (Å²) in [5, 5.41) is 7.62. The van der Waals surface area contributed by atoms with E-state index in [0.29, 0.717) is 12.1 Å². The Hall–Kier alpha value is -3.44. The van der Waals surface area contributed by atoms with Crippen LogP contribution in [0, 0.1) is 0 Å². The number of nitrogens with one attached hydrogen (secondary N) is 3. The molecule has 3 N–H and O–H groups in total. The lowest BCUT2D eigenvalue weighted by atomic mass is 9.96. The van der Waals surface area contributed by atoms with E-state index in [-0.39, 0.29) is 5.78 Å². The van der Waals surface area contributed by atoms with Crippen LogP contribution in [0.1, 0.15) is 34.5 Å². The van der Waals surface area contributed by atoms with Crippen LogP contribution in [0.3, 0.4) is 0 Å². The number of Topliss-reactive ketones (excluding diaryl/α,β-unsaturated/α-hetero) is 1. The minimum Gasteiger partial charge on any atom is -0.370 e. The Morgan fingerprint density at radius 2 is 1.83 bits per heavy atom. The minimum atomic E-state index is -0.403. The first kappa shape index (κ1) is 19.9. The van der Waals surface area contributed by atoms with Crippen LogP contribution >= 0.6 is 0 Å². The molecular weight excluding hydrogens is 372 g/mol. The second kappa shape index (κ2) is 9.37. The number of carbonyl (C=O) groups excluding carboxylic acids is 1. The minimum absolute atomic E-state index is 0.0688. The molecule has 0 unspecified atom stereocenters. The van der Waals surface area contributed by atoms with Gasteiger partial charge >= 0.3 is 0 Å². The Morgan fingerprint density at radius 3 is 2.60 bits per heavy atom. The van der Waals surface area contributed by atoms with Crippen molar-refractivity contribution in [1.82, 2.24) is 15.3 Å². The van der Waals surface area contributed by atoms with Gasteiger partial charge in [-0.1, -0.05) is 54.6 Å². The summed E-state index contributed by atoms with van der Waals surface area (Å²) in [5.41, 5.74) is 3.78. The molecule has 1 atom stereocenters. The van der Waals surface area contributed by atoms with Crippen molar-refractivity contribution in [3.63, 3.8) is 0 Å². The quantitative estimate of drug-likeness (QED) is 0.356. The van der Waals surface area contributed by atoms with Crippen molar-refractivity contribution in [1.29, 1.82) is 0 Å². The molecule has 2 aromatic carbocycles. The van der Waals surface area contributed by atoms with Gasteiger partial charge in [0, 0.05) is 41.9 Å². The predicted molar refractivity (Wildman–Crippen MR) is 122 cm³/mol. The third-order valence-electron chi connectivity index (χ3n) is 5.19. The molecule has 2 aromatic heterocycles. The maximum absolute atomic E-state index is 13.5. The van der Waals surface area contributed by atoms with Gasteiger partial charge in [-0.3, -0.25) is 4.79 Å². The highest BCUT2D eigenvalue weighted by atomic mass is 16.1. The van der Waals surface area contributed by atoms with Crippen molar-refractivity contribution in [2.45, 2.75) is 19.4 Å². The van der Waals surface area contributed by atoms with Crippen molar-refractivity contribution >= 4 is 22.5 Å². The second-order valence-corrected chi connectivity index (χ2v) is 7.24. The lowest BCUT2D eigenvalue weighted by molar-refractivity contribution is 0.0945. The van der Waals surface area contributed by atoms with E-state index in [1.54, 1.807) is 0 Å². The molecule has 0 radical (unpaired) electrons. The highest BCUT2D eigenvalue weighted by Crippen LogP contribution is 2.24. The average Bonchev–Trinajstić information content (AvgIpc) is 3.22. The molecular formula is C25H26N4O. The number of benzene rings is 2. The maximum Gasteiger partial charge on any atom is 0.186 e. The van der Waals surface area contributed by atoms with Gasteiger partial charge in [-0.2, -0.15) is 0 Å². The van der Waals surface area contributed by atoms with Gasteiger partial charge in [0.2, 0.25) is 0 Å². The second-order valence-electron chi connectivity index (χ2n) is 7.24. The van der Waals surface area contributed by atoms with E-state index < -0.39 is 6.04 Å². The van der Waals surface area contributed by atoms with Crippen molar-refractivity contribution in [3.05, 3.63) is 95.8 Å². The van der Waals surface area contributed by atoms with E-state index in [1.165, 1.54) is 0 Å². The molecule has 0 aliphatic heterocycles. The Bertz CT molecular complexity index is 1100. The Balaban J connectivity index is 1.51. The van der Waals surface area contributed by atoms with Gasteiger partial charge < -0.3 is 15.6 Å². The molecule has 0 amide bonds. The van der Waals surface area contributed by atoms with Crippen LogP contribution in [-0.4, -0.2) is 28.8 Å². The Kier molecular flexibility index (Phi) is 6.20. The molecule has 0 bridgehead atoms. The molecule has 4 aromatic rings. The molecule has 4 rings (SSSR count). The molecule has 0 saturated heterocycles. The highest BCUT2D eigenvalue weighted by molar-refractivity contribution is 6.10. The number of H-pyrrole nitrogens is 1. The smallest absolute Gasteiger partial charge is 0.186 e. The topological polar surface area (TPSA) is 69.8 Å². The third-order valence-corrected chi connectivity index (χ3v) is 5.19. The molecule has 5 heteroatoms. The van der Waals surface area contributed by atoms with Crippen LogP contribution < -0.4 is 10.6 Å². The summed E-state index contributed by atoms with van der Waals surface area (Å²) in [6.45, 7) is 3.58. The Morgan fingerprint density at radius 1 is 1.03 bits per heavy atom. The van der Waals surface area contributed by atoms with Crippen molar-refractivity contribution in [2.75, 3.05) is 18.4 Å². The van der Waals surface area contributed by atoms with E-state index in [4.69, 9.17) is 0 Å². The SMILES string of the molecule is CCNc1ccc(CCN[C@H](C(=O)c2c[nH]c3ccccc23)c2ccccc2)cn1. The number of hydrogen-bond donors (Lipinski definition) is 3.